The topological polar surface area (TPSA) is 70.3 Å². The van der Waals surface area contributed by atoms with E-state index < -0.39 is 24.5 Å². The van der Waals surface area contributed by atoms with Gasteiger partial charge in [-0.25, -0.2) is 0 Å². The lowest BCUT2D eigenvalue weighted by Gasteiger charge is -2.13. The number of hydrogen-bond donors (Lipinski definition) is 1. The summed E-state index contributed by atoms with van der Waals surface area (Å²) in [5.41, 5.74) is -0.0123. The van der Waals surface area contributed by atoms with E-state index in [2.05, 4.69) is 4.74 Å². The molecule has 102 valence electrons. The summed E-state index contributed by atoms with van der Waals surface area (Å²) in [6, 6.07) is 3.44. The van der Waals surface area contributed by atoms with Gasteiger partial charge in [-0.1, -0.05) is 0 Å². The van der Waals surface area contributed by atoms with Gasteiger partial charge in [0.2, 0.25) is 0 Å². The van der Waals surface area contributed by atoms with Crippen LogP contribution in [0.1, 0.15) is 16.7 Å². The number of hydrogen-bond acceptors (Lipinski definition) is 3. The summed E-state index contributed by atoms with van der Waals surface area (Å²) in [4.78, 5) is 10.7. The molecule has 0 amide bonds. The van der Waals surface area contributed by atoms with Crippen LogP contribution in [0.15, 0.2) is 12.1 Å². The van der Waals surface area contributed by atoms with E-state index in [1.807, 2.05) is 0 Å². The van der Waals surface area contributed by atoms with Gasteiger partial charge >= 0.3 is 12.3 Å². The summed E-state index contributed by atoms with van der Waals surface area (Å²) in [5, 5.41) is 17.6. The Balaban J connectivity index is 3.28. The zero-order valence-electron chi connectivity index (χ0n) is 9.29. The molecule has 0 fully saturated rings. The fraction of sp³-hybridized carbons (Fsp3) is 0.273. The highest BCUT2D eigenvalue weighted by molar-refractivity contribution is 6.17. The lowest BCUT2D eigenvalue weighted by molar-refractivity contribution is -0.274. The van der Waals surface area contributed by atoms with E-state index in [4.69, 9.17) is 22.0 Å². The lowest BCUT2D eigenvalue weighted by atomic mass is 9.99. The monoisotopic (exact) mass is 293 g/mol. The van der Waals surface area contributed by atoms with E-state index in [0.29, 0.717) is 0 Å². The van der Waals surface area contributed by atoms with Crippen molar-refractivity contribution >= 4 is 17.6 Å². The van der Waals surface area contributed by atoms with E-state index in [1.165, 1.54) is 0 Å². The standard InChI is InChI=1S/C11H7ClF3NO3/c12-4-6-1-8(19-11(13,14)15)2-7(5-16)9(6)3-10(17)18/h1-2H,3-4H2,(H,17,18). The van der Waals surface area contributed by atoms with Crippen LogP contribution in [0.25, 0.3) is 0 Å². The Labute approximate surface area is 111 Å². The SMILES string of the molecule is N#Cc1cc(OC(F)(F)F)cc(CCl)c1CC(=O)O. The zero-order chi connectivity index (χ0) is 14.6. The fourth-order valence-electron chi connectivity index (χ4n) is 1.47. The number of rotatable bonds is 4. The van der Waals surface area contributed by atoms with Crippen molar-refractivity contribution in [1.29, 1.82) is 5.26 Å². The lowest BCUT2D eigenvalue weighted by Crippen LogP contribution is -2.18. The first-order chi connectivity index (χ1) is 8.76. The second kappa shape index (κ2) is 5.80. The molecule has 1 aromatic carbocycles. The van der Waals surface area contributed by atoms with Crippen LogP contribution in [0, 0.1) is 11.3 Å². The molecule has 0 saturated carbocycles. The highest BCUT2D eigenvalue weighted by Gasteiger charge is 2.31. The average molecular weight is 294 g/mol. The van der Waals surface area contributed by atoms with Gasteiger partial charge in [0.25, 0.3) is 0 Å². The van der Waals surface area contributed by atoms with Gasteiger partial charge in [0.15, 0.2) is 0 Å². The molecule has 1 rings (SSSR count). The number of carboxylic acid groups (broad SMARTS) is 1. The van der Waals surface area contributed by atoms with Crippen molar-refractivity contribution in [2.75, 3.05) is 0 Å². The molecule has 4 nitrogen and oxygen atoms in total. The van der Waals surface area contributed by atoms with Gasteiger partial charge in [0.05, 0.1) is 18.1 Å². The van der Waals surface area contributed by atoms with Crippen LogP contribution < -0.4 is 4.74 Å². The van der Waals surface area contributed by atoms with Crippen LogP contribution in [0.4, 0.5) is 13.2 Å². The third-order valence-corrected chi connectivity index (χ3v) is 2.43. The molecule has 1 aromatic rings. The largest absolute Gasteiger partial charge is 0.573 e. The summed E-state index contributed by atoms with van der Waals surface area (Å²) in [6.45, 7) is 0. The van der Waals surface area contributed by atoms with Crippen LogP contribution in [0.5, 0.6) is 5.75 Å². The molecule has 0 radical (unpaired) electrons. The maximum absolute atomic E-state index is 12.1. The second-order valence-electron chi connectivity index (χ2n) is 3.47. The van der Waals surface area contributed by atoms with Crippen LogP contribution in [-0.4, -0.2) is 17.4 Å². The van der Waals surface area contributed by atoms with Gasteiger partial charge in [-0.2, -0.15) is 5.26 Å². The molecular formula is C11H7ClF3NO3. The Hall–Kier alpha value is -1.94. The molecule has 0 aliphatic rings. The van der Waals surface area contributed by atoms with E-state index in [1.54, 1.807) is 6.07 Å². The van der Waals surface area contributed by atoms with Crippen LogP contribution in [-0.2, 0) is 17.1 Å². The predicted molar refractivity (Wildman–Crippen MR) is 58.7 cm³/mol. The summed E-state index contributed by atoms with van der Waals surface area (Å²) >= 11 is 5.55. The number of ether oxygens (including phenoxy) is 1. The van der Waals surface area contributed by atoms with Crippen molar-refractivity contribution in [2.45, 2.75) is 18.7 Å². The second-order valence-corrected chi connectivity index (χ2v) is 3.74. The molecule has 0 aliphatic heterocycles. The molecule has 0 saturated heterocycles. The van der Waals surface area contributed by atoms with Crippen LogP contribution >= 0.6 is 11.6 Å². The van der Waals surface area contributed by atoms with Crippen molar-refractivity contribution in [1.82, 2.24) is 0 Å². The number of alkyl halides is 4. The Kier molecular flexibility index (Phi) is 4.62. The number of nitrogens with zero attached hydrogens (tertiary/aromatic N) is 1. The highest BCUT2D eigenvalue weighted by Crippen LogP contribution is 2.28. The third kappa shape index (κ3) is 4.34. The van der Waals surface area contributed by atoms with E-state index in [-0.39, 0.29) is 22.6 Å². The Morgan fingerprint density at radius 1 is 1.47 bits per heavy atom. The van der Waals surface area contributed by atoms with Crippen molar-refractivity contribution in [3.8, 4) is 11.8 Å². The molecule has 8 heteroatoms. The van der Waals surface area contributed by atoms with Crippen molar-refractivity contribution in [3.63, 3.8) is 0 Å². The minimum Gasteiger partial charge on any atom is -0.481 e. The Morgan fingerprint density at radius 3 is 2.53 bits per heavy atom. The maximum atomic E-state index is 12.1. The van der Waals surface area contributed by atoms with E-state index in [9.17, 15) is 18.0 Å². The molecule has 0 aliphatic carbocycles. The minimum atomic E-state index is -4.90. The Bertz CT molecular complexity index is 537. The molecular weight excluding hydrogens is 287 g/mol. The summed E-state index contributed by atoms with van der Waals surface area (Å²) < 4.78 is 40.0. The number of benzene rings is 1. The summed E-state index contributed by atoms with van der Waals surface area (Å²) in [6.07, 6.45) is -5.40. The van der Waals surface area contributed by atoms with Gasteiger partial charge in [-0.15, -0.1) is 24.8 Å². The van der Waals surface area contributed by atoms with Gasteiger partial charge in [0, 0.05) is 5.88 Å². The Morgan fingerprint density at radius 2 is 2.11 bits per heavy atom. The normalized spacial score (nSPS) is 10.9. The molecule has 19 heavy (non-hydrogen) atoms. The van der Waals surface area contributed by atoms with Crippen molar-refractivity contribution in [3.05, 3.63) is 28.8 Å². The number of nitriles is 1. The first-order valence-corrected chi connectivity index (χ1v) is 5.39. The van der Waals surface area contributed by atoms with Gasteiger partial charge in [-0.05, 0) is 23.3 Å². The molecule has 0 bridgehead atoms. The molecule has 0 atom stereocenters. The number of carbonyl (C=O) groups is 1. The van der Waals surface area contributed by atoms with E-state index in [0.717, 1.165) is 12.1 Å². The average Bonchev–Trinajstić information content (AvgIpc) is 2.27. The summed E-state index contributed by atoms with van der Waals surface area (Å²) in [5.74, 6) is -2.05. The quantitative estimate of drug-likeness (QED) is 0.867. The number of aliphatic carboxylic acids is 1. The number of halogens is 4. The van der Waals surface area contributed by atoms with Gasteiger partial charge in [-0.3, -0.25) is 4.79 Å². The van der Waals surface area contributed by atoms with Crippen LogP contribution in [0.2, 0.25) is 0 Å². The third-order valence-electron chi connectivity index (χ3n) is 2.14. The number of carboxylic acids is 1. The first kappa shape index (κ1) is 15.1. The van der Waals surface area contributed by atoms with Crippen molar-refractivity contribution in [2.24, 2.45) is 0 Å². The smallest absolute Gasteiger partial charge is 0.481 e. The highest BCUT2D eigenvalue weighted by atomic mass is 35.5. The van der Waals surface area contributed by atoms with Gasteiger partial charge < -0.3 is 9.84 Å². The zero-order valence-corrected chi connectivity index (χ0v) is 10.0. The molecule has 0 heterocycles. The molecule has 0 spiro atoms. The van der Waals surface area contributed by atoms with Crippen LogP contribution in [0.3, 0.4) is 0 Å². The minimum absolute atomic E-state index is 0.0829. The molecule has 0 unspecified atom stereocenters. The van der Waals surface area contributed by atoms with E-state index >= 15 is 0 Å². The first-order valence-electron chi connectivity index (χ1n) is 4.86. The van der Waals surface area contributed by atoms with Crippen molar-refractivity contribution < 1.29 is 27.8 Å². The van der Waals surface area contributed by atoms with Gasteiger partial charge in [0.1, 0.15) is 5.75 Å². The molecule has 0 aromatic heterocycles. The molecule has 1 N–H and O–H groups in total. The summed E-state index contributed by atoms with van der Waals surface area (Å²) in [7, 11) is 0. The predicted octanol–water partition coefficient (Wildman–Crippen LogP) is 2.82. The fourth-order valence-corrected chi connectivity index (χ4v) is 1.71. The maximum Gasteiger partial charge on any atom is 0.573 e.